The zero-order valence-electron chi connectivity index (χ0n) is 17.6. The van der Waals surface area contributed by atoms with Crippen molar-refractivity contribution < 1.29 is 26.4 Å². The van der Waals surface area contributed by atoms with Gasteiger partial charge in [-0.05, 0) is 40.0 Å². The van der Waals surface area contributed by atoms with Crippen LogP contribution in [-0.4, -0.2) is 44.6 Å². The third-order valence-electron chi connectivity index (χ3n) is 5.94. The van der Waals surface area contributed by atoms with Crippen molar-refractivity contribution in [2.45, 2.75) is 52.9 Å². The SMILES string of the molecule is CC1=CCC2(CC1)COC(C(C)(C)C[N+](C)(C)Cc1ccccc1)OC2.[Cl-]. The van der Waals surface area contributed by atoms with Crippen LogP contribution in [0.5, 0.6) is 0 Å². The van der Waals surface area contributed by atoms with Crippen molar-refractivity contribution >= 4 is 0 Å². The highest BCUT2D eigenvalue weighted by Gasteiger charge is 2.44. The van der Waals surface area contributed by atoms with Crippen molar-refractivity contribution in [3.8, 4) is 0 Å². The zero-order valence-corrected chi connectivity index (χ0v) is 18.4. The molecule has 1 heterocycles. The third kappa shape index (κ3) is 5.80. The molecule has 1 aromatic carbocycles. The Kier molecular flexibility index (Phi) is 7.18. The number of nitrogens with zero attached hydrogens (tertiary/aromatic N) is 1. The summed E-state index contributed by atoms with van der Waals surface area (Å²) in [4.78, 5) is 0. The summed E-state index contributed by atoms with van der Waals surface area (Å²) in [5.74, 6) is 0. The Labute approximate surface area is 171 Å². The highest BCUT2D eigenvalue weighted by Crippen LogP contribution is 2.42. The van der Waals surface area contributed by atoms with E-state index in [2.05, 4.69) is 71.3 Å². The number of ether oxygens (including phenoxy) is 2. The second-order valence-corrected chi connectivity index (χ2v) is 9.93. The lowest BCUT2D eigenvalue weighted by Crippen LogP contribution is -3.00. The van der Waals surface area contributed by atoms with Gasteiger partial charge in [-0.3, -0.25) is 0 Å². The Morgan fingerprint density at radius 1 is 1.11 bits per heavy atom. The van der Waals surface area contributed by atoms with Crippen LogP contribution in [0.2, 0.25) is 0 Å². The standard InChI is InChI=1S/C23H36NO2.ClH/c1-19-11-13-23(14-12-19)17-25-21(26-18-23)22(2,3)16-24(4,5)15-20-9-7-6-8-10-20;/h6-11,21H,12-18H2,1-5H3;1H/q+1;/p-1. The first-order valence-corrected chi connectivity index (χ1v) is 9.95. The lowest BCUT2D eigenvalue weighted by Gasteiger charge is -2.47. The first-order chi connectivity index (χ1) is 12.2. The van der Waals surface area contributed by atoms with Crippen LogP contribution < -0.4 is 12.4 Å². The molecule has 0 N–H and O–H groups in total. The van der Waals surface area contributed by atoms with Crippen molar-refractivity contribution in [1.29, 1.82) is 0 Å². The van der Waals surface area contributed by atoms with Gasteiger partial charge in [-0.25, -0.2) is 0 Å². The zero-order chi connectivity index (χ0) is 18.8. The molecule has 1 spiro atoms. The second kappa shape index (κ2) is 8.65. The summed E-state index contributed by atoms with van der Waals surface area (Å²) in [5.41, 5.74) is 3.07. The number of allylic oxidation sites excluding steroid dienone is 2. The van der Waals surface area contributed by atoms with E-state index < -0.39 is 0 Å². The molecule has 0 bridgehead atoms. The molecular weight excluding hydrogens is 358 g/mol. The number of quaternary nitrogens is 1. The van der Waals surface area contributed by atoms with Crippen molar-refractivity contribution in [2.24, 2.45) is 10.8 Å². The molecule has 0 saturated carbocycles. The Morgan fingerprint density at radius 3 is 2.30 bits per heavy atom. The van der Waals surface area contributed by atoms with E-state index in [-0.39, 0.29) is 29.5 Å². The van der Waals surface area contributed by atoms with Gasteiger partial charge in [0.2, 0.25) is 0 Å². The molecule has 1 aliphatic carbocycles. The van der Waals surface area contributed by atoms with E-state index in [0.29, 0.717) is 0 Å². The first-order valence-electron chi connectivity index (χ1n) is 9.95. The minimum absolute atomic E-state index is 0. The van der Waals surface area contributed by atoms with E-state index in [1.165, 1.54) is 24.0 Å². The Bertz CT molecular complexity index is 631. The van der Waals surface area contributed by atoms with E-state index >= 15 is 0 Å². The lowest BCUT2D eigenvalue weighted by molar-refractivity contribution is -0.910. The van der Waals surface area contributed by atoms with Crippen LogP contribution in [0.15, 0.2) is 42.0 Å². The van der Waals surface area contributed by atoms with Crippen LogP contribution in [0.4, 0.5) is 0 Å². The van der Waals surface area contributed by atoms with Crippen molar-refractivity contribution in [2.75, 3.05) is 33.9 Å². The molecule has 0 unspecified atom stereocenters. The maximum atomic E-state index is 6.31. The molecule has 0 radical (unpaired) electrons. The maximum absolute atomic E-state index is 6.31. The summed E-state index contributed by atoms with van der Waals surface area (Å²) < 4.78 is 13.5. The molecule has 3 rings (SSSR count). The Hall–Kier alpha value is -0.870. The molecule has 1 aromatic rings. The molecule has 152 valence electrons. The highest BCUT2D eigenvalue weighted by molar-refractivity contribution is 5.13. The van der Waals surface area contributed by atoms with Gasteiger partial charge in [-0.1, -0.05) is 42.0 Å². The minimum Gasteiger partial charge on any atom is -1.00 e. The first kappa shape index (κ1) is 22.4. The van der Waals surface area contributed by atoms with Crippen LogP contribution in [0, 0.1) is 10.8 Å². The van der Waals surface area contributed by atoms with E-state index in [9.17, 15) is 0 Å². The largest absolute Gasteiger partial charge is 1.00 e. The summed E-state index contributed by atoms with van der Waals surface area (Å²) in [5, 5.41) is 0. The van der Waals surface area contributed by atoms with Gasteiger partial charge in [0.1, 0.15) is 6.54 Å². The minimum atomic E-state index is -0.117. The van der Waals surface area contributed by atoms with Crippen molar-refractivity contribution in [1.82, 2.24) is 0 Å². The van der Waals surface area contributed by atoms with Crippen molar-refractivity contribution in [3.05, 3.63) is 47.5 Å². The maximum Gasteiger partial charge on any atom is 0.168 e. The molecular formula is C23H36ClNO2. The van der Waals surface area contributed by atoms with E-state index in [1.54, 1.807) is 0 Å². The normalized spacial score (nSPS) is 26.4. The number of hydrogen-bond acceptors (Lipinski definition) is 2. The molecule has 0 atom stereocenters. The number of hydrogen-bond donors (Lipinski definition) is 0. The number of rotatable bonds is 5. The predicted octanol–water partition coefficient (Wildman–Crippen LogP) is 1.78. The van der Waals surface area contributed by atoms with Crippen LogP contribution in [0.25, 0.3) is 0 Å². The fourth-order valence-corrected chi connectivity index (χ4v) is 4.68. The fraction of sp³-hybridized carbons (Fsp3) is 0.652. The molecule has 1 saturated heterocycles. The summed E-state index contributed by atoms with van der Waals surface area (Å²) >= 11 is 0. The van der Waals surface area contributed by atoms with Crippen LogP contribution in [0.3, 0.4) is 0 Å². The smallest absolute Gasteiger partial charge is 0.168 e. The molecule has 0 amide bonds. The lowest BCUT2D eigenvalue weighted by atomic mass is 9.75. The second-order valence-electron chi connectivity index (χ2n) is 9.93. The van der Waals surface area contributed by atoms with Gasteiger partial charge in [0.15, 0.2) is 6.29 Å². The van der Waals surface area contributed by atoms with Crippen LogP contribution in [0.1, 0.15) is 45.6 Å². The molecule has 0 aromatic heterocycles. The fourth-order valence-electron chi connectivity index (χ4n) is 4.68. The van der Waals surface area contributed by atoms with Gasteiger partial charge in [-0.2, -0.15) is 0 Å². The Morgan fingerprint density at radius 2 is 1.74 bits per heavy atom. The molecule has 4 heteroatoms. The van der Waals surface area contributed by atoms with Gasteiger partial charge >= 0.3 is 0 Å². The van der Waals surface area contributed by atoms with Gasteiger partial charge in [0, 0.05) is 11.0 Å². The van der Waals surface area contributed by atoms with Crippen LogP contribution >= 0.6 is 0 Å². The Balaban J connectivity index is 0.00000261. The van der Waals surface area contributed by atoms with Gasteiger partial charge in [0.05, 0.1) is 39.3 Å². The molecule has 1 aliphatic heterocycles. The summed E-state index contributed by atoms with van der Waals surface area (Å²) in [6.45, 7) is 10.5. The summed E-state index contributed by atoms with van der Waals surface area (Å²) in [6, 6.07) is 10.7. The predicted molar refractivity (Wildman–Crippen MR) is 107 cm³/mol. The topological polar surface area (TPSA) is 18.5 Å². The molecule has 3 nitrogen and oxygen atoms in total. The average Bonchev–Trinajstić information content (AvgIpc) is 2.58. The van der Waals surface area contributed by atoms with Crippen LogP contribution in [-0.2, 0) is 16.0 Å². The highest BCUT2D eigenvalue weighted by atomic mass is 35.5. The quantitative estimate of drug-likeness (QED) is 0.561. The third-order valence-corrected chi connectivity index (χ3v) is 5.94. The van der Waals surface area contributed by atoms with E-state index in [1.807, 2.05) is 0 Å². The number of halogens is 1. The molecule has 2 aliphatic rings. The summed E-state index contributed by atoms with van der Waals surface area (Å²) in [7, 11) is 4.60. The van der Waals surface area contributed by atoms with Gasteiger partial charge in [0.25, 0.3) is 0 Å². The molecule has 1 fully saturated rings. The van der Waals surface area contributed by atoms with Gasteiger partial charge in [-0.15, -0.1) is 0 Å². The van der Waals surface area contributed by atoms with E-state index in [4.69, 9.17) is 9.47 Å². The monoisotopic (exact) mass is 393 g/mol. The van der Waals surface area contributed by atoms with E-state index in [0.717, 1.165) is 37.2 Å². The summed E-state index contributed by atoms with van der Waals surface area (Å²) in [6.07, 6.45) is 5.73. The number of benzene rings is 1. The average molecular weight is 394 g/mol. The molecule has 27 heavy (non-hydrogen) atoms. The van der Waals surface area contributed by atoms with Gasteiger partial charge < -0.3 is 26.4 Å². The van der Waals surface area contributed by atoms with Crippen molar-refractivity contribution in [3.63, 3.8) is 0 Å².